The van der Waals surface area contributed by atoms with Gasteiger partial charge in [-0.1, -0.05) is 0 Å². The molecule has 42 valence electrons. The smallest absolute Gasteiger partial charge is 0.0471 e. The van der Waals surface area contributed by atoms with Gasteiger partial charge in [-0.05, 0) is 11.8 Å². The molecular formula is H5ClN3P3. The summed E-state index contributed by atoms with van der Waals surface area (Å²) in [4.78, 5) is 6.16. The highest BCUT2D eigenvalue weighted by atomic mass is 35.5. The first kappa shape index (κ1) is 6.58. The topological polar surface area (TPSA) is 27.3 Å². The van der Waals surface area contributed by atoms with Crippen molar-refractivity contribution in [2.45, 2.75) is 0 Å². The molecular weight excluding hydrogens is 170 g/mol. The number of nitrogens with zero attached hydrogens (tertiary/aromatic N) is 1. The van der Waals surface area contributed by atoms with Crippen molar-refractivity contribution in [3.63, 3.8) is 0 Å². The van der Waals surface area contributed by atoms with Gasteiger partial charge in [0.1, 0.15) is 0 Å². The van der Waals surface area contributed by atoms with E-state index in [0.29, 0.717) is 26.6 Å². The summed E-state index contributed by atoms with van der Waals surface area (Å²) in [7, 11) is 1.86. The first-order valence-corrected chi connectivity index (χ1v) is 4.85. The van der Waals surface area contributed by atoms with Crippen LogP contribution in [0.5, 0.6) is 0 Å². The Hall–Kier alpha value is 1.46. The van der Waals surface area contributed by atoms with Crippen molar-refractivity contribution in [2.24, 2.45) is 0 Å². The molecule has 7 heteroatoms. The van der Waals surface area contributed by atoms with Crippen molar-refractivity contribution >= 4 is 38.4 Å². The molecule has 0 aromatic carbocycles. The summed E-state index contributed by atoms with van der Waals surface area (Å²) in [6, 6.07) is 0. The molecule has 0 aliphatic carbocycles. The van der Waals surface area contributed by atoms with Crippen LogP contribution in [0.15, 0.2) is 0 Å². The summed E-state index contributed by atoms with van der Waals surface area (Å²) in [5.41, 5.74) is 0. The maximum Gasteiger partial charge on any atom is 0.0471 e. The minimum Gasteiger partial charge on any atom is -0.253 e. The van der Waals surface area contributed by atoms with Gasteiger partial charge in [0.2, 0.25) is 0 Å². The average molecular weight is 175 g/mol. The minimum atomic E-state index is 0.586. The Bertz CT molecular complexity index is 52.1. The Morgan fingerprint density at radius 1 is 1.29 bits per heavy atom. The van der Waals surface area contributed by atoms with Gasteiger partial charge in [0.15, 0.2) is 0 Å². The molecule has 0 amide bonds. The van der Waals surface area contributed by atoms with Gasteiger partial charge >= 0.3 is 0 Å². The Labute approximate surface area is 52.7 Å². The van der Waals surface area contributed by atoms with Crippen LogP contribution in [0.3, 0.4) is 0 Å². The monoisotopic (exact) mass is 175 g/mol. The van der Waals surface area contributed by atoms with Gasteiger partial charge in [0, 0.05) is 26.6 Å². The van der Waals surface area contributed by atoms with E-state index in [9.17, 15) is 0 Å². The molecule has 2 atom stereocenters. The molecule has 0 radical (unpaired) electrons. The molecule has 0 bridgehead atoms. The summed E-state index contributed by atoms with van der Waals surface area (Å²) in [6.45, 7) is 0. The normalized spacial score (nSPS) is 35.6. The van der Waals surface area contributed by atoms with E-state index in [1.54, 1.807) is 3.96 Å². The standard InChI is InChI=1S/ClH5N3P3/c1-4-6-2-5-3-7-4/h2-3,5-7H. The Morgan fingerprint density at radius 2 is 1.86 bits per heavy atom. The van der Waals surface area contributed by atoms with Crippen LogP contribution in [0, 0.1) is 0 Å². The summed E-state index contributed by atoms with van der Waals surface area (Å²) >= 11 is 5.55. The van der Waals surface area contributed by atoms with Crippen LogP contribution in [-0.2, 0) is 0 Å². The van der Waals surface area contributed by atoms with Crippen LogP contribution in [0.4, 0.5) is 0 Å². The van der Waals surface area contributed by atoms with Crippen molar-refractivity contribution in [1.82, 2.24) is 13.7 Å². The lowest BCUT2D eigenvalue weighted by Gasteiger charge is -2.19. The molecule has 2 unspecified atom stereocenters. The molecule has 1 aliphatic rings. The largest absolute Gasteiger partial charge is 0.253 e. The first-order chi connectivity index (χ1) is 3.39. The van der Waals surface area contributed by atoms with E-state index in [1.807, 2.05) is 0 Å². The lowest BCUT2D eigenvalue weighted by atomic mass is 13.8. The summed E-state index contributed by atoms with van der Waals surface area (Å²) in [5.74, 6) is 0. The zero-order chi connectivity index (χ0) is 5.11. The molecule has 0 spiro atoms. The molecule has 1 aliphatic heterocycles. The molecule has 0 aromatic heterocycles. The summed E-state index contributed by atoms with van der Waals surface area (Å²) < 4.78 is 1.70. The third-order valence-electron chi connectivity index (χ3n) is 0.433. The second kappa shape index (κ2) is 3.48. The number of halogens is 1. The molecule has 1 heterocycles. The fourth-order valence-electron chi connectivity index (χ4n) is 0.213. The van der Waals surface area contributed by atoms with Crippen LogP contribution < -0.4 is 9.72 Å². The van der Waals surface area contributed by atoms with Crippen LogP contribution >= 0.6 is 38.4 Å². The number of hydrogen-bond acceptors (Lipinski definition) is 3. The Kier molecular flexibility index (Phi) is 3.27. The van der Waals surface area contributed by atoms with E-state index in [-0.39, 0.29) is 0 Å². The molecule has 1 saturated heterocycles. The molecule has 1 fully saturated rings. The second-order valence-corrected chi connectivity index (χ2v) is 5.82. The summed E-state index contributed by atoms with van der Waals surface area (Å²) in [6.07, 6.45) is 0. The third-order valence-corrected chi connectivity index (χ3v) is 3.90. The summed E-state index contributed by atoms with van der Waals surface area (Å²) in [5, 5.41) is 0. The van der Waals surface area contributed by atoms with Crippen LogP contribution in [0.1, 0.15) is 0 Å². The Morgan fingerprint density at radius 3 is 2.14 bits per heavy atom. The van der Waals surface area contributed by atoms with Gasteiger partial charge in [-0.25, -0.2) is 0 Å². The van der Waals surface area contributed by atoms with E-state index >= 15 is 0 Å². The van der Waals surface area contributed by atoms with E-state index < -0.39 is 0 Å². The van der Waals surface area contributed by atoms with Crippen molar-refractivity contribution in [3.8, 4) is 0 Å². The zero-order valence-electron chi connectivity index (χ0n) is 3.33. The van der Waals surface area contributed by atoms with Gasteiger partial charge in [0.05, 0.1) is 0 Å². The molecule has 1 rings (SSSR count). The molecule has 2 N–H and O–H groups in total. The van der Waals surface area contributed by atoms with E-state index in [0.717, 1.165) is 0 Å². The van der Waals surface area contributed by atoms with Crippen molar-refractivity contribution in [3.05, 3.63) is 0 Å². The lowest BCUT2D eigenvalue weighted by molar-refractivity contribution is 1.16. The fourth-order valence-corrected chi connectivity index (χ4v) is 4.25. The number of nitrogens with one attached hydrogen (secondary N) is 2. The number of hydrogen-bond donors (Lipinski definition) is 2. The van der Waals surface area contributed by atoms with E-state index in [4.69, 9.17) is 11.8 Å². The first-order valence-electron chi connectivity index (χ1n) is 1.62. The molecule has 3 nitrogen and oxygen atoms in total. The van der Waals surface area contributed by atoms with Crippen molar-refractivity contribution in [2.75, 3.05) is 0 Å². The number of rotatable bonds is 0. The van der Waals surface area contributed by atoms with Crippen LogP contribution in [-0.4, -0.2) is 3.96 Å². The van der Waals surface area contributed by atoms with Crippen molar-refractivity contribution in [1.29, 1.82) is 0 Å². The quantitative estimate of drug-likeness (QED) is 0.427. The molecule has 0 saturated carbocycles. The van der Waals surface area contributed by atoms with Gasteiger partial charge in [-0.15, -0.1) is 0 Å². The SMILES string of the molecule is ClN1PNPNP1. The minimum absolute atomic E-state index is 0.586. The molecule has 7 heavy (non-hydrogen) atoms. The highest BCUT2D eigenvalue weighted by Crippen LogP contribution is 2.38. The van der Waals surface area contributed by atoms with E-state index in [2.05, 4.69) is 9.72 Å². The predicted molar refractivity (Wildman–Crippen MR) is 38.9 cm³/mol. The second-order valence-electron chi connectivity index (χ2n) is 0.879. The van der Waals surface area contributed by atoms with Gasteiger partial charge in [0.25, 0.3) is 0 Å². The van der Waals surface area contributed by atoms with Crippen molar-refractivity contribution < 1.29 is 0 Å². The van der Waals surface area contributed by atoms with E-state index in [1.165, 1.54) is 0 Å². The maximum absolute atomic E-state index is 5.55. The fraction of sp³-hybridized carbons (Fsp3) is 0. The highest BCUT2D eigenvalue weighted by Gasteiger charge is 2.03. The van der Waals surface area contributed by atoms with Gasteiger partial charge in [-0.2, -0.15) is 3.96 Å². The van der Waals surface area contributed by atoms with Gasteiger partial charge in [-0.3, -0.25) is 9.72 Å². The highest BCUT2D eigenvalue weighted by molar-refractivity contribution is 7.66. The lowest BCUT2D eigenvalue weighted by Crippen LogP contribution is -2.07. The predicted octanol–water partition coefficient (Wildman–Crippen LogP) is 1.16. The Balaban J connectivity index is 2.12. The van der Waals surface area contributed by atoms with Crippen LogP contribution in [0.2, 0.25) is 0 Å². The van der Waals surface area contributed by atoms with Crippen LogP contribution in [0.25, 0.3) is 0 Å². The maximum atomic E-state index is 5.55. The third kappa shape index (κ3) is 2.49. The average Bonchev–Trinajstić information content (AvgIpc) is 1.69. The molecule has 0 aromatic rings. The van der Waals surface area contributed by atoms with Gasteiger partial charge < -0.3 is 0 Å². The zero-order valence-corrected chi connectivity index (χ0v) is 7.08.